The Morgan fingerprint density at radius 2 is 2.00 bits per heavy atom. The SMILES string of the molecule is CCC(O)(c1ccnn1-c1ccccc1)C1CC1. The molecule has 18 heavy (non-hydrogen) atoms. The van der Waals surface area contributed by atoms with Crippen molar-refractivity contribution in [3.8, 4) is 5.69 Å². The first-order chi connectivity index (χ1) is 8.75. The normalized spacial score (nSPS) is 18.6. The van der Waals surface area contributed by atoms with Crippen molar-refractivity contribution in [2.45, 2.75) is 31.8 Å². The number of aromatic nitrogens is 2. The summed E-state index contributed by atoms with van der Waals surface area (Å²) in [4.78, 5) is 0. The number of hydrogen-bond acceptors (Lipinski definition) is 2. The average molecular weight is 242 g/mol. The fourth-order valence-corrected chi connectivity index (χ4v) is 2.65. The second kappa shape index (κ2) is 4.25. The lowest BCUT2D eigenvalue weighted by atomic mass is 9.90. The molecule has 0 amide bonds. The van der Waals surface area contributed by atoms with Crippen LogP contribution in [0.5, 0.6) is 0 Å². The number of rotatable bonds is 4. The molecular weight excluding hydrogens is 224 g/mol. The van der Waals surface area contributed by atoms with Gasteiger partial charge in [-0.1, -0.05) is 25.1 Å². The molecule has 1 N–H and O–H groups in total. The zero-order valence-electron chi connectivity index (χ0n) is 10.6. The maximum absolute atomic E-state index is 10.9. The summed E-state index contributed by atoms with van der Waals surface area (Å²) in [7, 11) is 0. The van der Waals surface area contributed by atoms with E-state index in [4.69, 9.17) is 0 Å². The van der Waals surface area contributed by atoms with Crippen LogP contribution < -0.4 is 0 Å². The van der Waals surface area contributed by atoms with Crippen molar-refractivity contribution in [3.63, 3.8) is 0 Å². The van der Waals surface area contributed by atoms with Gasteiger partial charge in [-0.05, 0) is 43.4 Å². The second-order valence-corrected chi connectivity index (χ2v) is 5.02. The van der Waals surface area contributed by atoms with Crippen LogP contribution in [0.2, 0.25) is 0 Å². The predicted octanol–water partition coefficient (Wildman–Crippen LogP) is 2.88. The van der Waals surface area contributed by atoms with E-state index in [2.05, 4.69) is 5.10 Å². The van der Waals surface area contributed by atoms with Crippen molar-refractivity contribution < 1.29 is 5.11 Å². The van der Waals surface area contributed by atoms with Crippen LogP contribution in [-0.2, 0) is 5.60 Å². The number of benzene rings is 1. The van der Waals surface area contributed by atoms with Crippen LogP contribution in [0.15, 0.2) is 42.6 Å². The van der Waals surface area contributed by atoms with E-state index in [0.717, 1.165) is 30.6 Å². The summed E-state index contributed by atoms with van der Waals surface area (Å²) in [5.74, 6) is 0.390. The number of hydrogen-bond donors (Lipinski definition) is 1. The Labute approximate surface area is 107 Å². The molecule has 3 heteroatoms. The van der Waals surface area contributed by atoms with E-state index in [1.807, 2.05) is 48.0 Å². The van der Waals surface area contributed by atoms with Gasteiger partial charge in [-0.2, -0.15) is 5.10 Å². The average Bonchev–Trinajstić information content (AvgIpc) is 3.16. The summed E-state index contributed by atoms with van der Waals surface area (Å²) >= 11 is 0. The van der Waals surface area contributed by atoms with E-state index in [1.165, 1.54) is 0 Å². The van der Waals surface area contributed by atoms with Crippen molar-refractivity contribution in [2.24, 2.45) is 5.92 Å². The molecule has 1 atom stereocenters. The molecule has 3 rings (SSSR count). The molecule has 94 valence electrons. The Bertz CT molecular complexity index is 530. The van der Waals surface area contributed by atoms with Crippen LogP contribution in [0.3, 0.4) is 0 Å². The molecule has 1 aliphatic rings. The minimum atomic E-state index is -0.730. The molecule has 0 aliphatic heterocycles. The van der Waals surface area contributed by atoms with Gasteiger partial charge in [0, 0.05) is 6.20 Å². The summed E-state index contributed by atoms with van der Waals surface area (Å²) in [6.45, 7) is 2.04. The van der Waals surface area contributed by atoms with Crippen LogP contribution in [0.25, 0.3) is 5.69 Å². The standard InChI is InChI=1S/C15H18N2O/c1-2-15(18,12-8-9-12)14-10-11-16-17(14)13-6-4-3-5-7-13/h3-7,10-12,18H,2,8-9H2,1H3. The van der Waals surface area contributed by atoms with Gasteiger partial charge in [0.1, 0.15) is 5.60 Å². The Morgan fingerprint density at radius 1 is 1.28 bits per heavy atom. The van der Waals surface area contributed by atoms with E-state index >= 15 is 0 Å². The smallest absolute Gasteiger partial charge is 0.109 e. The maximum atomic E-state index is 10.9. The molecule has 0 radical (unpaired) electrons. The fraction of sp³-hybridized carbons (Fsp3) is 0.400. The fourth-order valence-electron chi connectivity index (χ4n) is 2.65. The zero-order valence-corrected chi connectivity index (χ0v) is 10.6. The highest BCUT2D eigenvalue weighted by molar-refractivity contribution is 5.34. The van der Waals surface area contributed by atoms with Gasteiger partial charge >= 0.3 is 0 Å². The van der Waals surface area contributed by atoms with Crippen LogP contribution >= 0.6 is 0 Å². The molecule has 0 spiro atoms. The Kier molecular flexibility index (Phi) is 2.71. The van der Waals surface area contributed by atoms with Gasteiger partial charge in [-0.15, -0.1) is 0 Å². The molecule has 1 unspecified atom stereocenters. The highest BCUT2D eigenvalue weighted by atomic mass is 16.3. The molecule has 1 fully saturated rings. The number of para-hydroxylation sites is 1. The molecule has 0 saturated heterocycles. The molecular formula is C15H18N2O. The van der Waals surface area contributed by atoms with Gasteiger partial charge in [0.2, 0.25) is 0 Å². The molecule has 3 nitrogen and oxygen atoms in total. The Morgan fingerprint density at radius 3 is 2.61 bits per heavy atom. The van der Waals surface area contributed by atoms with Crippen LogP contribution in [0.1, 0.15) is 31.9 Å². The van der Waals surface area contributed by atoms with Gasteiger partial charge in [0.05, 0.1) is 11.4 Å². The van der Waals surface area contributed by atoms with Crippen LogP contribution in [0, 0.1) is 5.92 Å². The van der Waals surface area contributed by atoms with E-state index in [-0.39, 0.29) is 0 Å². The van der Waals surface area contributed by atoms with E-state index < -0.39 is 5.60 Å². The van der Waals surface area contributed by atoms with Gasteiger partial charge in [-0.3, -0.25) is 0 Å². The summed E-state index contributed by atoms with van der Waals surface area (Å²) in [6, 6.07) is 11.9. The van der Waals surface area contributed by atoms with Gasteiger partial charge in [-0.25, -0.2) is 4.68 Å². The predicted molar refractivity (Wildman–Crippen MR) is 70.5 cm³/mol. The van der Waals surface area contributed by atoms with Crippen molar-refractivity contribution >= 4 is 0 Å². The highest BCUT2D eigenvalue weighted by Gasteiger charge is 2.45. The lowest BCUT2D eigenvalue weighted by Gasteiger charge is -2.27. The summed E-state index contributed by atoms with van der Waals surface area (Å²) < 4.78 is 1.86. The first kappa shape index (κ1) is 11.5. The van der Waals surface area contributed by atoms with Gasteiger partial charge in [0.15, 0.2) is 0 Å². The lowest BCUT2D eigenvalue weighted by molar-refractivity contribution is 0.00239. The second-order valence-electron chi connectivity index (χ2n) is 5.02. The van der Waals surface area contributed by atoms with Gasteiger partial charge < -0.3 is 5.11 Å². The van der Waals surface area contributed by atoms with Crippen molar-refractivity contribution in [3.05, 3.63) is 48.3 Å². The van der Waals surface area contributed by atoms with Crippen molar-refractivity contribution in [2.75, 3.05) is 0 Å². The van der Waals surface area contributed by atoms with E-state index in [9.17, 15) is 5.11 Å². The topological polar surface area (TPSA) is 38.1 Å². The number of aliphatic hydroxyl groups is 1. The molecule has 1 saturated carbocycles. The Balaban J connectivity index is 2.06. The monoisotopic (exact) mass is 242 g/mol. The van der Waals surface area contributed by atoms with Crippen LogP contribution in [0.4, 0.5) is 0 Å². The summed E-state index contributed by atoms with van der Waals surface area (Å²) in [5.41, 5.74) is 1.19. The quantitative estimate of drug-likeness (QED) is 0.895. The van der Waals surface area contributed by atoms with Crippen molar-refractivity contribution in [1.82, 2.24) is 9.78 Å². The molecule has 2 aromatic rings. The lowest BCUT2D eigenvalue weighted by Crippen LogP contribution is -2.30. The molecule has 1 aromatic carbocycles. The first-order valence-corrected chi connectivity index (χ1v) is 6.58. The van der Waals surface area contributed by atoms with E-state index in [1.54, 1.807) is 6.20 Å². The summed E-state index contributed by atoms with van der Waals surface area (Å²) in [6.07, 6.45) is 4.73. The number of nitrogens with zero attached hydrogens (tertiary/aromatic N) is 2. The highest BCUT2D eigenvalue weighted by Crippen LogP contribution is 2.47. The largest absolute Gasteiger partial charge is 0.383 e. The molecule has 1 heterocycles. The summed E-state index contributed by atoms with van der Waals surface area (Å²) in [5, 5.41) is 15.3. The third-order valence-corrected chi connectivity index (χ3v) is 3.88. The molecule has 0 bridgehead atoms. The third-order valence-electron chi connectivity index (χ3n) is 3.88. The minimum Gasteiger partial charge on any atom is -0.383 e. The zero-order chi connectivity index (χ0) is 12.6. The van der Waals surface area contributed by atoms with E-state index in [0.29, 0.717) is 5.92 Å². The van der Waals surface area contributed by atoms with Crippen LogP contribution in [-0.4, -0.2) is 14.9 Å². The molecule has 1 aliphatic carbocycles. The van der Waals surface area contributed by atoms with Crippen molar-refractivity contribution in [1.29, 1.82) is 0 Å². The third kappa shape index (κ3) is 1.75. The minimum absolute atomic E-state index is 0.390. The first-order valence-electron chi connectivity index (χ1n) is 6.58. The maximum Gasteiger partial charge on any atom is 0.109 e. The Hall–Kier alpha value is -1.61. The molecule has 1 aromatic heterocycles. The van der Waals surface area contributed by atoms with Gasteiger partial charge in [0.25, 0.3) is 0 Å².